The number of aryl methyl sites for hydroxylation is 2. The molecule has 0 bridgehead atoms. The molecule has 1 fully saturated rings. The normalized spacial score (nSPS) is 19.0. The topological polar surface area (TPSA) is 67.3 Å². The summed E-state index contributed by atoms with van der Waals surface area (Å²) in [5.41, 5.74) is 3.23. The van der Waals surface area contributed by atoms with Crippen molar-refractivity contribution in [1.82, 2.24) is 9.88 Å². The van der Waals surface area contributed by atoms with Crippen LogP contribution < -0.4 is 0 Å². The number of fused-ring (bicyclic) bond motifs is 1. The number of amides is 1. The SMILES string of the molecule is CCN(C(=O)CSc1cc(C)c2cccc(C)c2n1)[C@@H]1CCS(=O)(=O)C1. The minimum Gasteiger partial charge on any atom is -0.338 e. The highest BCUT2D eigenvalue weighted by Gasteiger charge is 2.33. The Hall–Kier alpha value is -1.60. The van der Waals surface area contributed by atoms with Crippen LogP contribution in [-0.4, -0.2) is 54.1 Å². The maximum absolute atomic E-state index is 12.6. The lowest BCUT2D eigenvalue weighted by Crippen LogP contribution is -2.41. The molecule has 0 aliphatic carbocycles. The van der Waals surface area contributed by atoms with E-state index in [-0.39, 0.29) is 29.2 Å². The number of carbonyl (C=O) groups excluding carboxylic acids is 1. The molecule has 2 heterocycles. The molecule has 1 aromatic carbocycles. The van der Waals surface area contributed by atoms with E-state index in [2.05, 4.69) is 13.0 Å². The summed E-state index contributed by atoms with van der Waals surface area (Å²) in [6.45, 7) is 6.52. The van der Waals surface area contributed by atoms with Crippen LogP contribution >= 0.6 is 11.8 Å². The summed E-state index contributed by atoms with van der Waals surface area (Å²) >= 11 is 1.42. The van der Waals surface area contributed by atoms with Crippen molar-refractivity contribution in [3.05, 3.63) is 35.4 Å². The number of aromatic nitrogens is 1. The quantitative estimate of drug-likeness (QED) is 0.732. The molecular weight excluding hydrogens is 368 g/mol. The second-order valence-electron chi connectivity index (χ2n) is 6.77. The number of rotatable bonds is 5. The molecule has 1 aliphatic rings. The Bertz CT molecular complexity index is 941. The highest BCUT2D eigenvalue weighted by Crippen LogP contribution is 2.26. The smallest absolute Gasteiger partial charge is 0.233 e. The van der Waals surface area contributed by atoms with Gasteiger partial charge in [0.05, 0.1) is 27.8 Å². The molecule has 1 aromatic heterocycles. The van der Waals surface area contributed by atoms with Gasteiger partial charge in [0.2, 0.25) is 5.91 Å². The van der Waals surface area contributed by atoms with Gasteiger partial charge in [-0.05, 0) is 44.4 Å². The van der Waals surface area contributed by atoms with Crippen LogP contribution in [0, 0.1) is 13.8 Å². The third-order valence-electron chi connectivity index (χ3n) is 4.88. The molecule has 5 nitrogen and oxygen atoms in total. The van der Waals surface area contributed by atoms with Crippen LogP contribution in [0.2, 0.25) is 0 Å². The van der Waals surface area contributed by atoms with Crippen molar-refractivity contribution in [1.29, 1.82) is 0 Å². The van der Waals surface area contributed by atoms with Crippen LogP contribution in [0.3, 0.4) is 0 Å². The molecule has 140 valence electrons. The molecule has 0 spiro atoms. The zero-order chi connectivity index (χ0) is 18.9. The standard InChI is InChI=1S/C19H24N2O3S2/c1-4-21(15-8-9-26(23,24)12-15)18(22)11-25-17-10-14(3)16-7-5-6-13(2)19(16)20-17/h5-7,10,15H,4,8-9,11-12H2,1-3H3/t15-/m1/s1. The molecule has 0 unspecified atom stereocenters. The predicted molar refractivity (Wildman–Crippen MR) is 106 cm³/mol. The van der Waals surface area contributed by atoms with E-state index in [1.165, 1.54) is 11.8 Å². The van der Waals surface area contributed by atoms with Crippen LogP contribution in [0.4, 0.5) is 0 Å². The van der Waals surface area contributed by atoms with E-state index in [0.717, 1.165) is 27.1 Å². The number of sulfone groups is 1. The van der Waals surface area contributed by atoms with Crippen molar-refractivity contribution in [2.45, 2.75) is 38.3 Å². The Morgan fingerprint density at radius 1 is 1.31 bits per heavy atom. The number of carbonyl (C=O) groups is 1. The summed E-state index contributed by atoms with van der Waals surface area (Å²) in [5.74, 6) is 0.515. The predicted octanol–water partition coefficient (Wildman–Crippen LogP) is 2.98. The first kappa shape index (κ1) is 19.2. The molecule has 1 amide bonds. The number of para-hydroxylation sites is 1. The Morgan fingerprint density at radius 3 is 2.73 bits per heavy atom. The number of hydrogen-bond donors (Lipinski definition) is 0. The van der Waals surface area contributed by atoms with Gasteiger partial charge in [-0.15, -0.1) is 0 Å². The van der Waals surface area contributed by atoms with Gasteiger partial charge in [-0.2, -0.15) is 0 Å². The minimum absolute atomic E-state index is 0.0241. The van der Waals surface area contributed by atoms with Gasteiger partial charge in [-0.3, -0.25) is 4.79 Å². The Kier molecular flexibility index (Phi) is 5.58. The Labute approximate surface area is 159 Å². The third-order valence-corrected chi connectivity index (χ3v) is 7.52. The van der Waals surface area contributed by atoms with Crippen LogP contribution in [-0.2, 0) is 14.6 Å². The van der Waals surface area contributed by atoms with Gasteiger partial charge in [0.25, 0.3) is 0 Å². The number of pyridine rings is 1. The van der Waals surface area contributed by atoms with Crippen LogP contribution in [0.5, 0.6) is 0 Å². The fourth-order valence-electron chi connectivity index (χ4n) is 3.48. The second-order valence-corrected chi connectivity index (χ2v) is 10.00. The van der Waals surface area contributed by atoms with E-state index in [0.29, 0.717) is 13.0 Å². The minimum atomic E-state index is -3.00. The molecule has 1 saturated heterocycles. The molecule has 0 saturated carbocycles. The molecule has 1 atom stereocenters. The van der Waals surface area contributed by atoms with Crippen molar-refractivity contribution in [2.24, 2.45) is 0 Å². The van der Waals surface area contributed by atoms with E-state index >= 15 is 0 Å². The number of benzene rings is 1. The maximum Gasteiger partial charge on any atom is 0.233 e. The van der Waals surface area contributed by atoms with E-state index in [4.69, 9.17) is 4.98 Å². The number of nitrogens with zero attached hydrogens (tertiary/aromatic N) is 2. The molecule has 2 aromatic rings. The van der Waals surface area contributed by atoms with E-state index in [1.807, 2.05) is 32.0 Å². The molecule has 7 heteroatoms. The lowest BCUT2D eigenvalue weighted by atomic mass is 10.1. The highest BCUT2D eigenvalue weighted by molar-refractivity contribution is 7.99. The average Bonchev–Trinajstić information content (AvgIpc) is 2.94. The molecule has 0 radical (unpaired) electrons. The summed E-state index contributed by atoms with van der Waals surface area (Å²) in [5, 5.41) is 1.96. The molecular formula is C19H24N2O3S2. The van der Waals surface area contributed by atoms with Crippen LogP contribution in [0.1, 0.15) is 24.5 Å². The number of thioether (sulfide) groups is 1. The summed E-state index contributed by atoms with van der Waals surface area (Å²) in [7, 11) is -3.00. The molecule has 1 aliphatic heterocycles. The van der Waals surface area contributed by atoms with Gasteiger partial charge < -0.3 is 4.90 Å². The lowest BCUT2D eigenvalue weighted by Gasteiger charge is -2.26. The van der Waals surface area contributed by atoms with Gasteiger partial charge >= 0.3 is 0 Å². The summed E-state index contributed by atoms with van der Waals surface area (Å²) in [4.78, 5) is 19.1. The Morgan fingerprint density at radius 2 is 2.08 bits per heavy atom. The summed E-state index contributed by atoms with van der Waals surface area (Å²) < 4.78 is 23.4. The van der Waals surface area contributed by atoms with Crippen molar-refractivity contribution in [2.75, 3.05) is 23.8 Å². The summed E-state index contributed by atoms with van der Waals surface area (Å²) in [6, 6.07) is 7.94. The first-order chi connectivity index (χ1) is 12.3. The van der Waals surface area contributed by atoms with E-state index in [9.17, 15) is 13.2 Å². The second kappa shape index (κ2) is 7.56. The first-order valence-electron chi connectivity index (χ1n) is 8.80. The van der Waals surface area contributed by atoms with Gasteiger partial charge in [-0.25, -0.2) is 13.4 Å². The van der Waals surface area contributed by atoms with Gasteiger partial charge in [-0.1, -0.05) is 30.0 Å². The zero-order valence-electron chi connectivity index (χ0n) is 15.4. The van der Waals surface area contributed by atoms with Crippen LogP contribution in [0.15, 0.2) is 29.3 Å². The third kappa shape index (κ3) is 4.04. The molecule has 26 heavy (non-hydrogen) atoms. The van der Waals surface area contributed by atoms with Crippen LogP contribution in [0.25, 0.3) is 10.9 Å². The van der Waals surface area contributed by atoms with E-state index in [1.54, 1.807) is 4.90 Å². The largest absolute Gasteiger partial charge is 0.338 e. The molecule has 0 N–H and O–H groups in total. The van der Waals surface area contributed by atoms with Gasteiger partial charge in [0.1, 0.15) is 0 Å². The first-order valence-corrected chi connectivity index (χ1v) is 11.6. The monoisotopic (exact) mass is 392 g/mol. The zero-order valence-corrected chi connectivity index (χ0v) is 17.0. The highest BCUT2D eigenvalue weighted by atomic mass is 32.2. The fraction of sp³-hybridized carbons (Fsp3) is 0.474. The maximum atomic E-state index is 12.6. The van der Waals surface area contributed by atoms with Gasteiger partial charge in [0, 0.05) is 18.0 Å². The fourth-order valence-corrected chi connectivity index (χ4v) is 6.07. The van der Waals surface area contributed by atoms with E-state index < -0.39 is 9.84 Å². The lowest BCUT2D eigenvalue weighted by molar-refractivity contribution is -0.129. The van der Waals surface area contributed by atoms with Gasteiger partial charge in [0.15, 0.2) is 9.84 Å². The average molecular weight is 393 g/mol. The van der Waals surface area contributed by atoms with Crippen molar-refractivity contribution in [3.8, 4) is 0 Å². The Balaban J connectivity index is 1.73. The molecule has 3 rings (SSSR count). The van der Waals surface area contributed by atoms with Crippen molar-refractivity contribution in [3.63, 3.8) is 0 Å². The number of hydrogen-bond acceptors (Lipinski definition) is 5. The summed E-state index contributed by atoms with van der Waals surface area (Å²) in [6.07, 6.45) is 0.541. The van der Waals surface area contributed by atoms with Crippen molar-refractivity contribution >= 4 is 38.4 Å². The van der Waals surface area contributed by atoms with Crippen molar-refractivity contribution < 1.29 is 13.2 Å².